The Kier molecular flexibility index (Phi) is 29.7. The molecule has 0 saturated carbocycles. The Bertz CT molecular complexity index is 607. The van der Waals surface area contributed by atoms with Crippen molar-refractivity contribution in [3.8, 4) is 5.75 Å². The molecule has 0 aromatic heterocycles. The number of rotatable bonds is 18. The SMILES string of the molecule is COC.COC(=O)c1cc(OCCOCCOCCOCCOCCCO)ccc1C=O.[I][Os]. The molecule has 0 unspecified atom stereocenters. The molecule has 12 heteroatoms. The molecule has 0 amide bonds. The van der Waals surface area contributed by atoms with Crippen molar-refractivity contribution in [1.82, 2.24) is 0 Å². The molecular weight excluding hydrogens is 741 g/mol. The molecule has 1 rings (SSSR count). The Balaban J connectivity index is 0. The van der Waals surface area contributed by atoms with Crippen molar-refractivity contribution in [2.75, 3.05) is 87.4 Å². The monoisotopic (exact) mass is 779 g/mol. The van der Waals surface area contributed by atoms with Crippen LogP contribution in [0.1, 0.15) is 27.1 Å². The van der Waals surface area contributed by atoms with Crippen molar-refractivity contribution in [2.24, 2.45) is 0 Å². The minimum atomic E-state index is -0.593. The van der Waals surface area contributed by atoms with Crippen LogP contribution in [0.4, 0.5) is 0 Å². The summed E-state index contributed by atoms with van der Waals surface area (Å²) in [4.78, 5) is 22.6. The number of hydrogen-bond donors (Lipinski definition) is 1. The van der Waals surface area contributed by atoms with E-state index in [1.165, 1.54) is 19.2 Å². The first kappa shape index (κ1) is 35.4. The standard InChI is InChI=1S/C20H30O9.C2H6O.HI.Os/c1-24-20(23)19-15-18(4-3-17(19)16-22)29-14-13-28-12-11-27-10-9-26-8-7-25-6-2-5-21;1-3-2;;/h3-4,15-16,21H,2,5-14H2,1H3;1-2H3;1H;/q;;;+1/p-1. The van der Waals surface area contributed by atoms with Gasteiger partial charge in [-0.3, -0.25) is 4.79 Å². The second-order valence-corrected chi connectivity index (χ2v) is 6.14. The molecule has 0 aliphatic carbocycles. The summed E-state index contributed by atoms with van der Waals surface area (Å²) < 4.78 is 35.7. The second-order valence-electron chi connectivity index (χ2n) is 6.14. The summed E-state index contributed by atoms with van der Waals surface area (Å²) >= 11 is 4.01. The van der Waals surface area contributed by atoms with Gasteiger partial charge < -0.3 is 38.3 Å². The molecular formula is C22H36IO10Os. The van der Waals surface area contributed by atoms with Crippen LogP contribution in [0.3, 0.4) is 0 Å². The van der Waals surface area contributed by atoms with Gasteiger partial charge in [-0.25, -0.2) is 4.79 Å². The third-order valence-electron chi connectivity index (χ3n) is 3.62. The molecule has 199 valence electrons. The molecule has 0 radical (unpaired) electrons. The summed E-state index contributed by atoms with van der Waals surface area (Å²) in [6.45, 7) is 4.12. The van der Waals surface area contributed by atoms with Gasteiger partial charge in [-0.15, -0.1) is 0 Å². The molecule has 1 aromatic rings. The van der Waals surface area contributed by atoms with E-state index in [4.69, 9.17) is 28.8 Å². The second kappa shape index (κ2) is 28.5. The van der Waals surface area contributed by atoms with Crippen LogP contribution in [0, 0.1) is 0 Å². The van der Waals surface area contributed by atoms with Crippen molar-refractivity contribution in [3.05, 3.63) is 29.3 Å². The van der Waals surface area contributed by atoms with E-state index >= 15 is 0 Å². The van der Waals surface area contributed by atoms with Crippen LogP contribution in [0.5, 0.6) is 5.75 Å². The Morgan fingerprint density at radius 2 is 1.35 bits per heavy atom. The molecule has 0 atom stereocenters. The molecule has 1 aromatic carbocycles. The average molecular weight is 778 g/mol. The van der Waals surface area contributed by atoms with Gasteiger partial charge in [0.15, 0.2) is 6.29 Å². The molecule has 0 aliphatic heterocycles. The molecule has 1 N–H and O–H groups in total. The summed E-state index contributed by atoms with van der Waals surface area (Å²) in [5.41, 5.74) is 0.407. The fraction of sp³-hybridized carbons (Fsp3) is 0.636. The number of methoxy groups -OCH3 is 2. The van der Waals surface area contributed by atoms with Crippen LogP contribution in [0.2, 0.25) is 0 Å². The number of aldehydes is 1. The molecule has 0 heterocycles. The maximum atomic E-state index is 11.7. The number of benzene rings is 1. The van der Waals surface area contributed by atoms with Gasteiger partial charge in [0.2, 0.25) is 0 Å². The number of ether oxygens (including phenoxy) is 7. The minimum absolute atomic E-state index is 0.133. The number of carbonyl (C=O) groups excluding carboxylic acids is 2. The first-order valence-corrected chi connectivity index (χ1v) is 17.6. The first-order valence-electron chi connectivity index (χ1n) is 10.4. The van der Waals surface area contributed by atoms with Crippen LogP contribution in [-0.4, -0.2) is 105 Å². The van der Waals surface area contributed by atoms with Crippen molar-refractivity contribution < 1.29 is 62.9 Å². The van der Waals surface area contributed by atoms with Crippen LogP contribution < -0.4 is 4.74 Å². The van der Waals surface area contributed by atoms with Gasteiger partial charge in [-0.2, -0.15) is 0 Å². The number of aliphatic hydroxyl groups is 1. The van der Waals surface area contributed by atoms with E-state index in [-0.39, 0.29) is 17.7 Å². The topological polar surface area (TPSA) is 119 Å². The van der Waals surface area contributed by atoms with Gasteiger partial charge >= 0.3 is 40.7 Å². The zero-order valence-electron chi connectivity index (χ0n) is 19.9. The van der Waals surface area contributed by atoms with E-state index in [0.29, 0.717) is 77.9 Å². The molecule has 0 spiro atoms. The number of hydrogen-bond acceptors (Lipinski definition) is 10. The Labute approximate surface area is 222 Å². The predicted octanol–water partition coefficient (Wildman–Crippen LogP) is 2.26. The van der Waals surface area contributed by atoms with E-state index < -0.39 is 5.97 Å². The van der Waals surface area contributed by atoms with E-state index in [2.05, 4.69) is 29.1 Å². The first-order chi connectivity index (χ1) is 16.6. The Morgan fingerprint density at radius 1 is 0.882 bits per heavy atom. The van der Waals surface area contributed by atoms with Gasteiger partial charge in [0, 0.05) is 33.0 Å². The zero-order chi connectivity index (χ0) is 25.9. The summed E-state index contributed by atoms with van der Waals surface area (Å²) in [6.07, 6.45) is 1.23. The molecule has 0 aliphatic rings. The maximum absolute atomic E-state index is 11.7. The normalized spacial score (nSPS) is 9.82. The van der Waals surface area contributed by atoms with E-state index in [1.54, 1.807) is 20.3 Å². The molecule has 0 fully saturated rings. The van der Waals surface area contributed by atoms with Crippen LogP contribution in [0.25, 0.3) is 0 Å². The molecule has 0 bridgehead atoms. The predicted molar refractivity (Wildman–Crippen MR) is 131 cm³/mol. The van der Waals surface area contributed by atoms with Crippen molar-refractivity contribution in [1.29, 1.82) is 0 Å². The molecule has 0 saturated heterocycles. The number of aliphatic hydroxyl groups excluding tert-OH is 1. The molecule has 34 heavy (non-hydrogen) atoms. The molecule has 10 nitrogen and oxygen atoms in total. The summed E-state index contributed by atoms with van der Waals surface area (Å²) in [5, 5.41) is 8.59. The van der Waals surface area contributed by atoms with Crippen molar-refractivity contribution >= 4 is 31.9 Å². The number of carbonyl (C=O) groups is 2. The van der Waals surface area contributed by atoms with E-state index in [9.17, 15) is 9.59 Å². The number of halogens is 1. The van der Waals surface area contributed by atoms with Gasteiger partial charge in [0.25, 0.3) is 0 Å². The van der Waals surface area contributed by atoms with Crippen molar-refractivity contribution in [3.63, 3.8) is 0 Å². The fourth-order valence-corrected chi connectivity index (χ4v) is 2.16. The van der Waals surface area contributed by atoms with Crippen LogP contribution in [-0.2, 0) is 43.5 Å². The fourth-order valence-electron chi connectivity index (χ4n) is 2.16. The summed E-state index contributed by atoms with van der Waals surface area (Å²) in [5.74, 6) is -0.141. The van der Waals surface area contributed by atoms with Gasteiger partial charge in [-0.1, -0.05) is 0 Å². The zero-order valence-corrected chi connectivity index (χ0v) is 24.6. The Morgan fingerprint density at radius 3 is 1.79 bits per heavy atom. The third-order valence-corrected chi connectivity index (χ3v) is 3.62. The van der Waals surface area contributed by atoms with Gasteiger partial charge in [-0.05, 0) is 24.6 Å². The van der Waals surface area contributed by atoms with Gasteiger partial charge in [0.05, 0.1) is 58.9 Å². The summed E-state index contributed by atoms with van der Waals surface area (Å²) in [7, 11) is 4.50. The van der Waals surface area contributed by atoms with Crippen LogP contribution >= 0.6 is 19.7 Å². The van der Waals surface area contributed by atoms with E-state index in [0.717, 1.165) is 0 Å². The van der Waals surface area contributed by atoms with Crippen molar-refractivity contribution in [2.45, 2.75) is 6.42 Å². The quantitative estimate of drug-likeness (QED) is 0.103. The number of esters is 1. The van der Waals surface area contributed by atoms with Gasteiger partial charge in [0.1, 0.15) is 12.4 Å². The third kappa shape index (κ3) is 20.6. The van der Waals surface area contributed by atoms with E-state index in [1.807, 2.05) is 15.1 Å². The summed E-state index contributed by atoms with van der Waals surface area (Å²) in [6, 6.07) is 4.58. The van der Waals surface area contributed by atoms with Crippen LogP contribution in [0.15, 0.2) is 18.2 Å². The average Bonchev–Trinajstić information content (AvgIpc) is 2.87. The Hall–Kier alpha value is -0.714.